The molecule has 5 rings (SSSR count). The van der Waals surface area contributed by atoms with E-state index in [1.165, 1.54) is 0 Å². The second-order valence-electron chi connectivity index (χ2n) is 8.50. The Balaban J connectivity index is 1.38. The average molecular weight is 446 g/mol. The lowest BCUT2D eigenvalue weighted by Gasteiger charge is -2.43. The molecule has 0 aliphatic carbocycles. The highest BCUT2D eigenvalue weighted by Gasteiger charge is 2.27. The van der Waals surface area contributed by atoms with E-state index in [9.17, 15) is 0 Å². The molecule has 4 aromatic rings. The van der Waals surface area contributed by atoms with Crippen LogP contribution in [0.15, 0.2) is 48.8 Å². The third-order valence-corrected chi connectivity index (χ3v) is 7.17. The van der Waals surface area contributed by atoms with Crippen LogP contribution in [-0.4, -0.2) is 57.1 Å². The lowest BCUT2D eigenvalue weighted by Crippen LogP contribution is -2.55. The van der Waals surface area contributed by atoms with Crippen molar-refractivity contribution in [1.29, 1.82) is 0 Å². The molecule has 5 heterocycles. The van der Waals surface area contributed by atoms with Gasteiger partial charge in [-0.15, -0.1) is 11.3 Å². The number of hydrogen-bond acceptors (Lipinski definition) is 8. The number of thiazole rings is 1. The second kappa shape index (κ2) is 8.44. The van der Waals surface area contributed by atoms with Crippen molar-refractivity contribution < 1.29 is 0 Å². The summed E-state index contributed by atoms with van der Waals surface area (Å²) in [5, 5.41) is 4.27. The molecule has 0 radical (unpaired) electrons. The summed E-state index contributed by atoms with van der Waals surface area (Å²) in [6.07, 6.45) is 3.67. The van der Waals surface area contributed by atoms with Crippen molar-refractivity contribution >= 4 is 39.0 Å². The van der Waals surface area contributed by atoms with Gasteiger partial charge in [-0.1, -0.05) is 12.1 Å². The molecule has 1 aliphatic heterocycles. The molecule has 2 atom stereocenters. The molecule has 0 saturated carbocycles. The number of pyridine rings is 3. The zero-order chi connectivity index (χ0) is 22.2. The van der Waals surface area contributed by atoms with Crippen molar-refractivity contribution in [3.8, 4) is 10.7 Å². The first-order valence-corrected chi connectivity index (χ1v) is 11.7. The largest absolute Gasteiger partial charge is 0.353 e. The maximum atomic E-state index is 4.86. The van der Waals surface area contributed by atoms with E-state index in [1.807, 2.05) is 30.5 Å². The Morgan fingerprint density at radius 3 is 2.59 bits per heavy atom. The Morgan fingerprint density at radius 2 is 1.81 bits per heavy atom. The van der Waals surface area contributed by atoms with Gasteiger partial charge in [-0.3, -0.25) is 9.88 Å². The van der Waals surface area contributed by atoms with Crippen LogP contribution in [0, 0.1) is 6.92 Å². The topological polar surface area (TPSA) is 70.1 Å². The van der Waals surface area contributed by atoms with Gasteiger partial charge in [0.15, 0.2) is 0 Å². The lowest BCUT2D eigenvalue weighted by molar-refractivity contribution is 0.169. The van der Waals surface area contributed by atoms with E-state index in [0.29, 0.717) is 12.1 Å². The van der Waals surface area contributed by atoms with Crippen LogP contribution in [0.4, 0.5) is 17.5 Å². The third-order valence-electron chi connectivity index (χ3n) is 6.16. The van der Waals surface area contributed by atoms with Gasteiger partial charge >= 0.3 is 0 Å². The average Bonchev–Trinajstić information content (AvgIpc) is 3.21. The maximum Gasteiger partial charge on any atom is 0.143 e. The molecule has 4 aromatic heterocycles. The van der Waals surface area contributed by atoms with Gasteiger partial charge in [0.05, 0.1) is 10.2 Å². The number of aryl methyl sites for hydroxylation is 1. The monoisotopic (exact) mass is 445 g/mol. The minimum absolute atomic E-state index is 0.489. The minimum atomic E-state index is 0.489. The van der Waals surface area contributed by atoms with Crippen LogP contribution in [0.3, 0.4) is 0 Å². The Bertz CT molecular complexity index is 1240. The predicted molar refractivity (Wildman–Crippen MR) is 132 cm³/mol. The molecule has 164 valence electrons. The van der Waals surface area contributed by atoms with Crippen LogP contribution in [0.1, 0.15) is 19.4 Å². The maximum absolute atomic E-state index is 4.86. The molecule has 32 heavy (non-hydrogen) atoms. The molecule has 0 spiro atoms. The Kier molecular flexibility index (Phi) is 5.48. The predicted octanol–water partition coefficient (Wildman–Crippen LogP) is 4.73. The quantitative estimate of drug-likeness (QED) is 0.487. The molecular weight excluding hydrogens is 418 g/mol. The summed E-state index contributed by atoms with van der Waals surface area (Å²) in [6.45, 7) is 8.52. The van der Waals surface area contributed by atoms with Gasteiger partial charge < -0.3 is 10.2 Å². The molecular formula is C24H27N7S. The first-order chi connectivity index (χ1) is 15.5. The fourth-order valence-electron chi connectivity index (χ4n) is 4.11. The zero-order valence-electron chi connectivity index (χ0n) is 18.8. The number of fused-ring (bicyclic) bond motifs is 1. The smallest absolute Gasteiger partial charge is 0.143 e. The fourth-order valence-corrected chi connectivity index (χ4v) is 5.08. The molecule has 8 heteroatoms. The van der Waals surface area contributed by atoms with Crippen molar-refractivity contribution in [3.05, 3.63) is 54.4 Å². The van der Waals surface area contributed by atoms with Gasteiger partial charge in [0.1, 0.15) is 28.2 Å². The first-order valence-electron chi connectivity index (χ1n) is 10.9. The zero-order valence-corrected chi connectivity index (χ0v) is 19.6. The summed E-state index contributed by atoms with van der Waals surface area (Å²) in [5.74, 6) is 2.51. The van der Waals surface area contributed by atoms with Crippen molar-refractivity contribution in [2.45, 2.75) is 32.9 Å². The van der Waals surface area contributed by atoms with Gasteiger partial charge in [-0.05, 0) is 51.6 Å². The highest BCUT2D eigenvalue weighted by atomic mass is 32.1. The SMILES string of the molecule is Cc1cccnc1-c1nc2cc(Nc3cccc(N4C[C@H](C)N(C)[C@@H](C)C4)n3)ncc2s1. The first kappa shape index (κ1) is 20.8. The molecule has 0 amide bonds. The molecule has 1 fully saturated rings. The van der Waals surface area contributed by atoms with Crippen LogP contribution in [-0.2, 0) is 0 Å². The van der Waals surface area contributed by atoms with Crippen molar-refractivity contribution in [2.24, 2.45) is 0 Å². The Hall–Kier alpha value is -3.10. The van der Waals surface area contributed by atoms with Gasteiger partial charge in [0.25, 0.3) is 0 Å². The highest BCUT2D eigenvalue weighted by Crippen LogP contribution is 2.31. The molecule has 1 aliphatic rings. The van der Waals surface area contributed by atoms with Crippen molar-refractivity contribution in [3.63, 3.8) is 0 Å². The van der Waals surface area contributed by atoms with Crippen LogP contribution in [0.25, 0.3) is 20.9 Å². The van der Waals surface area contributed by atoms with E-state index < -0.39 is 0 Å². The van der Waals surface area contributed by atoms with Crippen LogP contribution in [0.2, 0.25) is 0 Å². The van der Waals surface area contributed by atoms with E-state index in [1.54, 1.807) is 17.5 Å². The molecule has 1 saturated heterocycles. The molecule has 0 unspecified atom stereocenters. The Morgan fingerprint density at radius 1 is 1.00 bits per heavy atom. The van der Waals surface area contributed by atoms with Crippen LogP contribution < -0.4 is 10.2 Å². The van der Waals surface area contributed by atoms with Gasteiger partial charge in [-0.2, -0.15) is 0 Å². The number of likely N-dealkylation sites (N-methyl/N-ethyl adjacent to an activating group) is 1. The number of hydrogen-bond donors (Lipinski definition) is 1. The summed E-state index contributed by atoms with van der Waals surface area (Å²) < 4.78 is 1.04. The summed E-state index contributed by atoms with van der Waals surface area (Å²) in [6, 6.07) is 13.0. The fraction of sp³-hybridized carbons (Fsp3) is 0.333. The van der Waals surface area contributed by atoms with E-state index in [-0.39, 0.29) is 0 Å². The standard InChI is InChI=1S/C24H27N7S/c1-15-7-6-10-25-23(15)24-27-18-11-21(26-12-19(18)32-24)28-20-8-5-9-22(29-20)31-13-16(2)30(4)17(3)14-31/h5-12,16-17H,13-14H2,1-4H3,(H,26,28,29)/t16-,17-/m0/s1. The summed E-state index contributed by atoms with van der Waals surface area (Å²) >= 11 is 1.61. The minimum Gasteiger partial charge on any atom is -0.353 e. The van der Waals surface area contributed by atoms with Crippen LogP contribution in [0.5, 0.6) is 0 Å². The molecule has 0 bridgehead atoms. The van der Waals surface area contributed by atoms with Gasteiger partial charge in [0, 0.05) is 43.6 Å². The number of anilines is 3. The normalized spacial score (nSPS) is 19.4. The highest BCUT2D eigenvalue weighted by molar-refractivity contribution is 7.21. The molecule has 0 aromatic carbocycles. The summed E-state index contributed by atoms with van der Waals surface area (Å²) in [4.78, 5) is 23.5. The van der Waals surface area contributed by atoms with E-state index in [4.69, 9.17) is 9.97 Å². The number of piperazine rings is 1. The van der Waals surface area contributed by atoms with E-state index in [2.05, 4.69) is 65.0 Å². The Labute approximate surface area is 192 Å². The van der Waals surface area contributed by atoms with E-state index in [0.717, 1.165) is 57.0 Å². The molecule has 1 N–H and O–H groups in total. The summed E-state index contributed by atoms with van der Waals surface area (Å²) in [7, 11) is 2.19. The van der Waals surface area contributed by atoms with Gasteiger partial charge in [0.2, 0.25) is 0 Å². The number of nitrogens with one attached hydrogen (secondary N) is 1. The number of nitrogens with zero attached hydrogens (tertiary/aromatic N) is 6. The van der Waals surface area contributed by atoms with Crippen molar-refractivity contribution in [1.82, 2.24) is 24.8 Å². The lowest BCUT2D eigenvalue weighted by atomic mass is 10.1. The second-order valence-corrected chi connectivity index (χ2v) is 9.53. The molecule has 7 nitrogen and oxygen atoms in total. The third kappa shape index (κ3) is 4.03. The number of rotatable bonds is 4. The summed E-state index contributed by atoms with van der Waals surface area (Å²) in [5.41, 5.74) is 2.95. The van der Waals surface area contributed by atoms with Crippen molar-refractivity contribution in [2.75, 3.05) is 30.4 Å². The van der Waals surface area contributed by atoms with Gasteiger partial charge in [-0.25, -0.2) is 15.0 Å². The van der Waals surface area contributed by atoms with Crippen LogP contribution >= 0.6 is 11.3 Å². The van der Waals surface area contributed by atoms with E-state index >= 15 is 0 Å². The number of aromatic nitrogens is 4.